The van der Waals surface area contributed by atoms with E-state index in [0.29, 0.717) is 5.95 Å². The van der Waals surface area contributed by atoms with Crippen molar-refractivity contribution in [3.63, 3.8) is 0 Å². The number of fused-ring (bicyclic) bond motifs is 14. The molecule has 47 heavy (non-hydrogen) atoms. The van der Waals surface area contributed by atoms with Gasteiger partial charge in [-0.1, -0.05) is 121 Å². The van der Waals surface area contributed by atoms with Gasteiger partial charge in [0.2, 0.25) is 5.95 Å². The molecule has 0 aliphatic heterocycles. The molecule has 0 aliphatic rings. The van der Waals surface area contributed by atoms with Crippen molar-refractivity contribution in [1.29, 1.82) is 0 Å². The van der Waals surface area contributed by atoms with Crippen LogP contribution in [0.4, 0.5) is 0 Å². The number of hydrogen-bond acceptors (Lipinski definition) is 4. The standard InChI is InChI=1S/C42H23N3S2/c1-2-14-25-24(12-1)13-11-20-26(25)37-41-38(31-19-7-10-23-34(31)47-41)44-42(43-37)45-32-21-8-5-17-29(32)35-36-30-18-6-9-22-33(30)46-40(36)28-16-4-3-15-27(28)39(35)45/h1-23H. The largest absolute Gasteiger partial charge is 0.277 e. The molecule has 0 aliphatic carbocycles. The van der Waals surface area contributed by atoms with Crippen LogP contribution in [0.25, 0.3) is 101 Å². The molecule has 3 nitrogen and oxygen atoms in total. The van der Waals surface area contributed by atoms with Crippen molar-refractivity contribution in [2.75, 3.05) is 0 Å². The maximum absolute atomic E-state index is 5.56. The molecular formula is C42H23N3S2. The zero-order valence-corrected chi connectivity index (χ0v) is 26.6. The Hall–Kier alpha value is -5.62. The molecule has 0 unspecified atom stereocenters. The Morgan fingerprint density at radius 2 is 1.06 bits per heavy atom. The molecule has 0 N–H and O–H groups in total. The summed E-state index contributed by atoms with van der Waals surface area (Å²) >= 11 is 3.66. The fraction of sp³-hybridized carbons (Fsp3) is 0. The van der Waals surface area contributed by atoms with Crippen molar-refractivity contribution in [1.82, 2.24) is 14.5 Å². The molecule has 11 rings (SSSR count). The lowest BCUT2D eigenvalue weighted by Gasteiger charge is -2.13. The molecule has 0 saturated heterocycles. The van der Waals surface area contributed by atoms with E-state index in [1.54, 1.807) is 11.3 Å². The van der Waals surface area contributed by atoms with Crippen molar-refractivity contribution < 1.29 is 0 Å². The maximum atomic E-state index is 5.56. The minimum atomic E-state index is 0.694. The Morgan fingerprint density at radius 3 is 1.91 bits per heavy atom. The summed E-state index contributed by atoms with van der Waals surface area (Å²) in [4.78, 5) is 11.0. The number of nitrogens with zero attached hydrogens (tertiary/aromatic N) is 3. The molecule has 7 aromatic carbocycles. The van der Waals surface area contributed by atoms with Crippen LogP contribution in [0.3, 0.4) is 0 Å². The first-order valence-electron chi connectivity index (χ1n) is 15.8. The van der Waals surface area contributed by atoms with Crippen LogP contribution in [0.15, 0.2) is 140 Å². The molecule has 0 spiro atoms. The van der Waals surface area contributed by atoms with Crippen LogP contribution in [0, 0.1) is 0 Å². The van der Waals surface area contributed by atoms with Crippen LogP contribution in [0.2, 0.25) is 0 Å². The van der Waals surface area contributed by atoms with Crippen molar-refractivity contribution in [2.24, 2.45) is 0 Å². The predicted octanol–water partition coefficient (Wildman–Crippen LogP) is 12.3. The van der Waals surface area contributed by atoms with E-state index < -0.39 is 0 Å². The minimum absolute atomic E-state index is 0.694. The van der Waals surface area contributed by atoms with Crippen LogP contribution in [-0.2, 0) is 0 Å². The Bertz CT molecular complexity index is 3080. The average molecular weight is 634 g/mol. The van der Waals surface area contributed by atoms with Gasteiger partial charge in [0.15, 0.2) is 0 Å². The second-order valence-corrected chi connectivity index (χ2v) is 14.2. The van der Waals surface area contributed by atoms with Gasteiger partial charge in [0.25, 0.3) is 0 Å². The van der Waals surface area contributed by atoms with E-state index in [9.17, 15) is 0 Å². The SMILES string of the molecule is c1ccc2c(-c3nc(-n4c5ccccc5c5c6c7ccccc7sc6c6ccccc6c54)nc4c3sc3ccccc34)cccc2c1. The van der Waals surface area contributed by atoms with Gasteiger partial charge < -0.3 is 0 Å². The average Bonchev–Trinajstić information content (AvgIpc) is 3.81. The van der Waals surface area contributed by atoms with Crippen LogP contribution in [-0.4, -0.2) is 14.5 Å². The third kappa shape index (κ3) is 3.45. The van der Waals surface area contributed by atoms with E-state index >= 15 is 0 Å². The van der Waals surface area contributed by atoms with Gasteiger partial charge in [-0.3, -0.25) is 4.57 Å². The second-order valence-electron chi connectivity index (χ2n) is 12.1. The van der Waals surface area contributed by atoms with Crippen LogP contribution in [0.1, 0.15) is 0 Å². The normalized spacial score (nSPS) is 12.3. The molecule has 0 atom stereocenters. The fourth-order valence-corrected chi connectivity index (χ4v) is 10.0. The first kappa shape index (κ1) is 25.6. The quantitative estimate of drug-likeness (QED) is 0.190. The highest BCUT2D eigenvalue weighted by Gasteiger charge is 2.24. The highest BCUT2D eigenvalue weighted by Crippen LogP contribution is 2.48. The lowest BCUT2D eigenvalue weighted by molar-refractivity contribution is 1.02. The number of benzene rings is 7. The third-order valence-corrected chi connectivity index (χ3v) is 12.0. The van der Waals surface area contributed by atoms with Gasteiger partial charge in [-0.05, 0) is 29.0 Å². The summed E-state index contributed by atoms with van der Waals surface area (Å²) in [5.41, 5.74) is 5.36. The summed E-state index contributed by atoms with van der Waals surface area (Å²) in [5, 5.41) is 11.1. The summed E-state index contributed by atoms with van der Waals surface area (Å²) in [7, 11) is 0. The van der Waals surface area contributed by atoms with Crippen LogP contribution >= 0.6 is 22.7 Å². The van der Waals surface area contributed by atoms with Gasteiger partial charge in [0.1, 0.15) is 0 Å². The smallest absolute Gasteiger partial charge is 0.235 e. The predicted molar refractivity (Wildman–Crippen MR) is 203 cm³/mol. The Balaban J connectivity index is 1.38. The maximum Gasteiger partial charge on any atom is 0.235 e. The Morgan fingerprint density at radius 1 is 0.447 bits per heavy atom. The zero-order chi connectivity index (χ0) is 30.6. The van der Waals surface area contributed by atoms with Crippen molar-refractivity contribution >= 4 is 106 Å². The van der Waals surface area contributed by atoms with Gasteiger partial charge in [0.05, 0.1) is 26.9 Å². The number of aromatic nitrogens is 3. The minimum Gasteiger partial charge on any atom is -0.277 e. The first-order valence-corrected chi connectivity index (χ1v) is 17.4. The van der Waals surface area contributed by atoms with Gasteiger partial charge in [-0.15, -0.1) is 22.7 Å². The van der Waals surface area contributed by atoms with Gasteiger partial charge in [-0.2, -0.15) is 0 Å². The van der Waals surface area contributed by atoms with Crippen LogP contribution in [0.5, 0.6) is 0 Å². The molecule has 0 radical (unpaired) electrons. The summed E-state index contributed by atoms with van der Waals surface area (Å²) in [5.74, 6) is 0.694. The van der Waals surface area contributed by atoms with E-state index in [0.717, 1.165) is 37.9 Å². The highest BCUT2D eigenvalue weighted by molar-refractivity contribution is 7.27. The molecule has 0 fully saturated rings. The number of thiophene rings is 2. The Kier molecular flexibility index (Phi) is 5.14. The molecule has 0 amide bonds. The van der Waals surface area contributed by atoms with Crippen molar-refractivity contribution in [3.05, 3.63) is 140 Å². The first-order chi connectivity index (χ1) is 23.3. The molecule has 0 bridgehead atoms. The van der Waals surface area contributed by atoms with Gasteiger partial charge in [0, 0.05) is 57.4 Å². The van der Waals surface area contributed by atoms with Gasteiger partial charge >= 0.3 is 0 Å². The molecule has 5 heteroatoms. The summed E-state index contributed by atoms with van der Waals surface area (Å²) in [6, 6.07) is 50.2. The van der Waals surface area contributed by atoms with Crippen LogP contribution < -0.4 is 0 Å². The van der Waals surface area contributed by atoms with Crippen molar-refractivity contribution in [3.8, 4) is 17.2 Å². The number of para-hydroxylation sites is 1. The monoisotopic (exact) mass is 633 g/mol. The Labute approximate surface area is 276 Å². The van der Waals surface area contributed by atoms with Crippen molar-refractivity contribution in [2.45, 2.75) is 0 Å². The van der Waals surface area contributed by atoms with E-state index in [1.807, 2.05) is 11.3 Å². The lowest BCUT2D eigenvalue weighted by Crippen LogP contribution is -2.03. The van der Waals surface area contributed by atoms with E-state index in [1.165, 1.54) is 57.2 Å². The third-order valence-electron chi connectivity index (χ3n) is 9.60. The summed E-state index contributed by atoms with van der Waals surface area (Å²) < 4.78 is 7.29. The number of rotatable bonds is 2. The molecule has 4 aromatic heterocycles. The van der Waals surface area contributed by atoms with E-state index in [4.69, 9.17) is 9.97 Å². The van der Waals surface area contributed by atoms with Gasteiger partial charge in [-0.25, -0.2) is 9.97 Å². The fourth-order valence-electron chi connectivity index (χ4n) is 7.62. The zero-order valence-electron chi connectivity index (χ0n) is 24.9. The molecule has 11 aromatic rings. The highest BCUT2D eigenvalue weighted by atomic mass is 32.1. The lowest BCUT2D eigenvalue weighted by atomic mass is 10.00. The summed E-state index contributed by atoms with van der Waals surface area (Å²) in [6.07, 6.45) is 0. The van der Waals surface area contributed by atoms with E-state index in [-0.39, 0.29) is 0 Å². The molecule has 218 valence electrons. The molecule has 0 saturated carbocycles. The molecular weight excluding hydrogens is 611 g/mol. The topological polar surface area (TPSA) is 30.7 Å². The molecule has 4 heterocycles. The number of hydrogen-bond donors (Lipinski definition) is 0. The second kappa shape index (κ2) is 9.46. The summed E-state index contributed by atoms with van der Waals surface area (Å²) in [6.45, 7) is 0. The van der Waals surface area contributed by atoms with E-state index in [2.05, 4.69) is 144 Å².